The molecule has 4 nitrogen and oxygen atoms in total. The Hall–Kier alpha value is -3.47. The van der Waals surface area contributed by atoms with Gasteiger partial charge < -0.3 is 0 Å². The molecule has 0 bridgehead atoms. The van der Waals surface area contributed by atoms with Crippen molar-refractivity contribution in [3.63, 3.8) is 0 Å². The van der Waals surface area contributed by atoms with E-state index in [4.69, 9.17) is 0 Å². The Kier molecular flexibility index (Phi) is 9.02. The molecule has 2 unspecified atom stereocenters. The van der Waals surface area contributed by atoms with E-state index in [1.165, 1.54) is 25.5 Å². The van der Waals surface area contributed by atoms with Gasteiger partial charge in [0.1, 0.15) is 0 Å². The van der Waals surface area contributed by atoms with Gasteiger partial charge in [-0.15, -0.1) is 0 Å². The summed E-state index contributed by atoms with van der Waals surface area (Å²) in [6.45, 7) is 0. The van der Waals surface area contributed by atoms with E-state index in [-0.39, 0.29) is 7.25 Å². The summed E-state index contributed by atoms with van der Waals surface area (Å²) in [4.78, 5) is 24.7. The van der Waals surface area contributed by atoms with E-state index in [0.717, 1.165) is 23.9 Å². The van der Waals surface area contributed by atoms with Crippen molar-refractivity contribution >= 4 is 51.6 Å². The second kappa shape index (κ2) is 13.2. The van der Waals surface area contributed by atoms with Crippen LogP contribution < -0.4 is 6.61 Å². The van der Waals surface area contributed by atoms with Gasteiger partial charge in [-0.05, 0) is 0 Å². The number of rotatable bonds is 11. The molecule has 0 saturated heterocycles. The van der Waals surface area contributed by atoms with Crippen LogP contribution in [0.1, 0.15) is 40.6 Å². The monoisotopic (exact) mass is 728 g/mol. The average Bonchev–Trinajstić information content (AvgIpc) is 3.67. The molecule has 2 N–H and O–H groups in total. The second-order valence-electron chi connectivity index (χ2n) is 10.6. The predicted octanol–water partition coefficient (Wildman–Crippen LogP) is 6.91. The first-order valence-corrected chi connectivity index (χ1v) is 32.7. The van der Waals surface area contributed by atoms with Crippen molar-refractivity contribution in [1.29, 1.82) is 0 Å². The Labute approximate surface area is 255 Å². The minimum atomic E-state index is -4.13. The maximum absolute atomic E-state index is 12.4. The minimum absolute atomic E-state index is 0.119. The topological polar surface area (TPSA) is 58.2 Å². The van der Waals surface area contributed by atoms with Gasteiger partial charge in [0.25, 0.3) is 0 Å². The third kappa shape index (κ3) is 5.39. The molecule has 0 aromatic heterocycles. The first kappa shape index (κ1) is 28.6. The number of allylic oxidation sites excluding steroid dienone is 4. The molecule has 2 atom stereocenters. The van der Waals surface area contributed by atoms with Gasteiger partial charge in [0.05, 0.1) is 0 Å². The number of hydrogen-bond donors (Lipinski definition) is 2. The normalized spacial score (nSPS) is 18.2. The fourth-order valence-electron chi connectivity index (χ4n) is 6.76. The summed E-state index contributed by atoms with van der Waals surface area (Å²) >= 11 is -7.61. The van der Waals surface area contributed by atoms with Crippen molar-refractivity contribution in [2.24, 2.45) is 0 Å². The molecule has 0 spiro atoms. The Bertz CT molecular complexity index is 1630. The Balaban J connectivity index is 1.69. The molecule has 2 aliphatic rings. The zero-order chi connectivity index (χ0) is 28.8. The molecule has 4 aromatic carbocycles. The summed E-state index contributed by atoms with van der Waals surface area (Å²) in [6, 6.07) is 38.1. The van der Waals surface area contributed by atoms with Crippen LogP contribution in [0.15, 0.2) is 133 Å². The van der Waals surface area contributed by atoms with Crippen LogP contribution in [0.5, 0.6) is 0 Å². The second-order valence-corrected chi connectivity index (χ2v) is 49.6. The molecule has 6 heteroatoms. The first-order chi connectivity index (χ1) is 20.8. The van der Waals surface area contributed by atoms with Crippen molar-refractivity contribution in [2.75, 3.05) is 0 Å². The molecule has 0 heterocycles. The van der Waals surface area contributed by atoms with Crippen LogP contribution in [0.25, 0.3) is 21.5 Å². The van der Waals surface area contributed by atoms with E-state index in [0.29, 0.717) is 0 Å². The van der Waals surface area contributed by atoms with Gasteiger partial charge in [0.2, 0.25) is 0 Å². The number of carbonyl (C=O) groups is 2. The molecule has 6 rings (SSSR count). The molecule has 204 valence electrons. The van der Waals surface area contributed by atoms with Gasteiger partial charge in [-0.25, -0.2) is 0 Å². The van der Waals surface area contributed by atoms with Crippen LogP contribution in [-0.2, 0) is 25.2 Å². The van der Waals surface area contributed by atoms with Crippen LogP contribution in [0.2, 0.25) is 0 Å². The molecule has 0 aliphatic heterocycles. The Morgan fingerprint density at radius 2 is 1.14 bits per heavy atom. The van der Waals surface area contributed by atoms with E-state index in [1.54, 1.807) is 0 Å². The molecule has 0 radical (unpaired) electrons. The fourth-order valence-corrected chi connectivity index (χ4v) is 65.9. The van der Waals surface area contributed by atoms with Gasteiger partial charge in [-0.1, -0.05) is 0 Å². The summed E-state index contributed by atoms with van der Waals surface area (Å²) in [5.41, 5.74) is 7.30. The SMILES string of the molecule is O=C[NH][In]([NH]C=O)[Zr]([C](=CC=Cc1ccccc1)c1ccccc1)([CH]1C=Cc2ccccc21)[CH]1C=Cc2ccccc21. The molecular formula is C36H31InN2O2Zr. The number of carbonyl (C=O) groups excluding carboxylic acids is 2. The first-order valence-electron chi connectivity index (χ1n) is 14.2. The van der Waals surface area contributed by atoms with E-state index in [2.05, 4.69) is 134 Å². The molecule has 0 fully saturated rings. The summed E-state index contributed by atoms with van der Waals surface area (Å²) in [6.07, 6.45) is 17.5. The predicted molar refractivity (Wildman–Crippen MR) is 170 cm³/mol. The van der Waals surface area contributed by atoms with Crippen LogP contribution in [0, 0.1) is 0 Å². The third-order valence-electron chi connectivity index (χ3n) is 8.48. The summed E-state index contributed by atoms with van der Waals surface area (Å²) < 4.78 is 8.23. The van der Waals surface area contributed by atoms with Crippen molar-refractivity contribution < 1.29 is 25.2 Å². The zero-order valence-electron chi connectivity index (χ0n) is 23.1. The molecule has 4 aromatic rings. The van der Waals surface area contributed by atoms with Gasteiger partial charge in [0, 0.05) is 0 Å². The molecule has 0 saturated carbocycles. The number of nitrogens with one attached hydrogen (secondary N) is 2. The summed E-state index contributed by atoms with van der Waals surface area (Å²) in [7, 11) is 0. The Morgan fingerprint density at radius 1 is 0.643 bits per heavy atom. The molecule has 2 aliphatic carbocycles. The van der Waals surface area contributed by atoms with E-state index >= 15 is 0 Å². The molecule has 42 heavy (non-hydrogen) atoms. The van der Waals surface area contributed by atoms with Gasteiger partial charge in [0.15, 0.2) is 0 Å². The zero-order valence-corrected chi connectivity index (χ0v) is 28.9. The average molecular weight is 730 g/mol. The van der Waals surface area contributed by atoms with Gasteiger partial charge >= 0.3 is 257 Å². The Morgan fingerprint density at radius 3 is 1.69 bits per heavy atom. The summed E-state index contributed by atoms with van der Waals surface area (Å²) in [5, 5.41) is 0. The fraction of sp³-hybridized carbons (Fsp3) is 0.0556. The quantitative estimate of drug-likeness (QED) is 0.130. The van der Waals surface area contributed by atoms with Crippen LogP contribution in [0.3, 0.4) is 0 Å². The van der Waals surface area contributed by atoms with E-state index in [1.807, 2.05) is 24.3 Å². The van der Waals surface area contributed by atoms with Crippen molar-refractivity contribution in [3.05, 3.63) is 167 Å². The van der Waals surface area contributed by atoms with Gasteiger partial charge in [-0.3, -0.25) is 0 Å². The van der Waals surface area contributed by atoms with Crippen molar-refractivity contribution in [2.45, 2.75) is 7.25 Å². The standard InChI is InChI=1S/C16H13.2C9H7.2CH3NO.In.Zr/c1-3-9-15(10-4-1)13-7-8-14-16-11-5-2-6-12-16;2*1-2-5-9-7-3-6-8(9)4-1;2*2-1-3;;/h1-13H;2*1-7H;2*1H,(H2,2,3);;/q;;;;;+2;/p-2. The van der Waals surface area contributed by atoms with Crippen LogP contribution in [-0.4, -0.2) is 30.1 Å². The summed E-state index contributed by atoms with van der Waals surface area (Å²) in [5.74, 6) is 0. The van der Waals surface area contributed by atoms with Crippen molar-refractivity contribution in [3.8, 4) is 0 Å². The number of hydrogen-bond acceptors (Lipinski definition) is 2. The van der Waals surface area contributed by atoms with Crippen LogP contribution in [0.4, 0.5) is 0 Å². The number of fused-ring (bicyclic) bond motifs is 2. The molecule has 2 amide bonds. The van der Waals surface area contributed by atoms with Gasteiger partial charge in [-0.2, -0.15) is 0 Å². The molecular weight excluding hydrogens is 698 g/mol. The van der Waals surface area contributed by atoms with Crippen molar-refractivity contribution in [1.82, 2.24) is 6.61 Å². The maximum atomic E-state index is 12.4. The van der Waals surface area contributed by atoms with Crippen LogP contribution >= 0.6 is 0 Å². The van der Waals surface area contributed by atoms with E-state index in [9.17, 15) is 9.59 Å². The number of benzene rings is 4. The van der Waals surface area contributed by atoms with E-state index < -0.39 is 32.8 Å². The number of amides is 2. The third-order valence-corrected chi connectivity index (χ3v) is 63.5.